The van der Waals surface area contributed by atoms with Crippen LogP contribution in [0.5, 0.6) is 0 Å². The number of amides is 1. The third-order valence-corrected chi connectivity index (χ3v) is 4.17. The van der Waals surface area contributed by atoms with Crippen molar-refractivity contribution in [2.75, 3.05) is 36.5 Å². The highest BCUT2D eigenvalue weighted by molar-refractivity contribution is 7.80. The number of anilines is 2. The summed E-state index contributed by atoms with van der Waals surface area (Å²) < 4.78 is 5.37. The van der Waals surface area contributed by atoms with Gasteiger partial charge in [-0.2, -0.15) is 0 Å². The van der Waals surface area contributed by atoms with Gasteiger partial charge in [0.2, 0.25) is 5.91 Å². The average Bonchev–Trinajstić information content (AvgIpc) is 2.68. The molecule has 1 aliphatic heterocycles. The summed E-state index contributed by atoms with van der Waals surface area (Å²) in [6.07, 6.45) is 3.21. The van der Waals surface area contributed by atoms with Gasteiger partial charge in [-0.15, -0.1) is 0 Å². The maximum Gasteiger partial charge on any atom is 0.250 e. The number of hydrogen-bond donors (Lipinski definition) is 2. The molecule has 0 spiro atoms. The van der Waals surface area contributed by atoms with E-state index in [-0.39, 0.29) is 11.0 Å². The van der Waals surface area contributed by atoms with Gasteiger partial charge in [-0.05, 0) is 48.1 Å². The van der Waals surface area contributed by atoms with Crippen LogP contribution in [0, 0.1) is 0 Å². The lowest BCUT2D eigenvalue weighted by Gasteiger charge is -2.28. The molecule has 1 fully saturated rings. The molecule has 2 aromatic carbocycles. The van der Waals surface area contributed by atoms with E-state index < -0.39 is 0 Å². The molecule has 1 aliphatic rings. The van der Waals surface area contributed by atoms with E-state index >= 15 is 0 Å². The van der Waals surface area contributed by atoms with Gasteiger partial charge in [-0.25, -0.2) is 0 Å². The van der Waals surface area contributed by atoms with Crippen LogP contribution in [0.2, 0.25) is 0 Å². The van der Waals surface area contributed by atoms with E-state index in [0.29, 0.717) is 0 Å². The number of carbonyl (C=O) groups excluding carboxylic acids is 1. The van der Waals surface area contributed by atoms with Crippen molar-refractivity contribution in [1.82, 2.24) is 5.32 Å². The fourth-order valence-corrected chi connectivity index (χ4v) is 2.85. The van der Waals surface area contributed by atoms with Gasteiger partial charge in [0.25, 0.3) is 0 Å². The molecule has 0 unspecified atom stereocenters. The second-order valence-corrected chi connectivity index (χ2v) is 6.24. The zero-order valence-corrected chi connectivity index (χ0v) is 15.2. The van der Waals surface area contributed by atoms with Crippen molar-refractivity contribution in [3.63, 3.8) is 0 Å². The molecule has 1 saturated heterocycles. The number of carbonyl (C=O) groups is 1. The first kappa shape index (κ1) is 18.1. The number of nitrogens with zero attached hydrogens (tertiary/aromatic N) is 1. The fourth-order valence-electron chi connectivity index (χ4n) is 2.63. The highest BCUT2D eigenvalue weighted by Crippen LogP contribution is 2.18. The Bertz CT molecular complexity index is 769. The predicted molar refractivity (Wildman–Crippen MR) is 109 cm³/mol. The molecular weight excluding hydrogens is 346 g/mol. The lowest BCUT2D eigenvalue weighted by molar-refractivity contribution is -0.115. The van der Waals surface area contributed by atoms with Crippen LogP contribution in [-0.2, 0) is 9.53 Å². The third-order valence-electron chi connectivity index (χ3n) is 3.96. The molecule has 1 heterocycles. The maximum atomic E-state index is 11.9. The topological polar surface area (TPSA) is 53.6 Å². The quantitative estimate of drug-likeness (QED) is 0.643. The Morgan fingerprint density at radius 2 is 1.73 bits per heavy atom. The van der Waals surface area contributed by atoms with Crippen LogP contribution in [0.25, 0.3) is 6.08 Å². The van der Waals surface area contributed by atoms with Gasteiger partial charge in [0, 0.05) is 30.5 Å². The Labute approximate surface area is 158 Å². The molecule has 3 rings (SSSR count). The molecule has 0 aliphatic carbocycles. The van der Waals surface area contributed by atoms with Gasteiger partial charge < -0.3 is 15.0 Å². The monoisotopic (exact) mass is 367 g/mol. The van der Waals surface area contributed by atoms with Gasteiger partial charge in [0.1, 0.15) is 0 Å². The van der Waals surface area contributed by atoms with Gasteiger partial charge in [0.15, 0.2) is 5.11 Å². The van der Waals surface area contributed by atoms with Crippen LogP contribution < -0.4 is 15.5 Å². The number of nitrogens with one attached hydrogen (secondary N) is 2. The second-order valence-electron chi connectivity index (χ2n) is 5.83. The molecule has 5 nitrogen and oxygen atoms in total. The molecule has 6 heteroatoms. The molecule has 0 radical (unpaired) electrons. The first-order valence-electron chi connectivity index (χ1n) is 8.48. The Hall–Kier alpha value is -2.70. The Morgan fingerprint density at radius 1 is 1.04 bits per heavy atom. The molecule has 134 valence electrons. The summed E-state index contributed by atoms with van der Waals surface area (Å²) in [5.41, 5.74) is 2.94. The molecule has 0 bridgehead atoms. The molecule has 0 saturated carbocycles. The van der Waals surface area contributed by atoms with E-state index in [4.69, 9.17) is 17.0 Å². The van der Waals surface area contributed by atoms with Gasteiger partial charge >= 0.3 is 0 Å². The summed E-state index contributed by atoms with van der Waals surface area (Å²) in [4.78, 5) is 14.2. The summed E-state index contributed by atoms with van der Waals surface area (Å²) in [5.74, 6) is -0.267. The first-order chi connectivity index (χ1) is 12.7. The van der Waals surface area contributed by atoms with Crippen molar-refractivity contribution in [3.8, 4) is 0 Å². The predicted octanol–water partition coefficient (Wildman–Crippen LogP) is 3.05. The van der Waals surface area contributed by atoms with Crippen LogP contribution >= 0.6 is 12.2 Å². The lowest BCUT2D eigenvalue weighted by atomic mass is 10.2. The van der Waals surface area contributed by atoms with Crippen molar-refractivity contribution in [1.29, 1.82) is 0 Å². The molecule has 2 N–H and O–H groups in total. The first-order valence-corrected chi connectivity index (χ1v) is 8.89. The smallest absolute Gasteiger partial charge is 0.250 e. The number of benzene rings is 2. The van der Waals surface area contributed by atoms with Crippen LogP contribution in [-0.4, -0.2) is 37.3 Å². The SMILES string of the molecule is O=C(C=Cc1ccccc1)NC(=S)Nc1ccc(N2CCOCC2)cc1. The van der Waals surface area contributed by atoms with Crippen LogP contribution in [0.1, 0.15) is 5.56 Å². The van der Waals surface area contributed by atoms with Crippen LogP contribution in [0.15, 0.2) is 60.7 Å². The lowest BCUT2D eigenvalue weighted by Crippen LogP contribution is -2.36. The van der Waals surface area contributed by atoms with Gasteiger partial charge in [-0.1, -0.05) is 30.3 Å². The second kappa shape index (κ2) is 9.12. The average molecular weight is 367 g/mol. The largest absolute Gasteiger partial charge is 0.378 e. The van der Waals surface area contributed by atoms with Gasteiger partial charge in [-0.3, -0.25) is 10.1 Å². The molecule has 0 aromatic heterocycles. The highest BCUT2D eigenvalue weighted by atomic mass is 32.1. The molecular formula is C20H21N3O2S. The molecule has 1 amide bonds. The summed E-state index contributed by atoms with van der Waals surface area (Å²) in [7, 11) is 0. The number of hydrogen-bond acceptors (Lipinski definition) is 4. The van der Waals surface area contributed by atoms with Crippen molar-refractivity contribution in [2.45, 2.75) is 0 Å². The Morgan fingerprint density at radius 3 is 2.42 bits per heavy atom. The zero-order chi connectivity index (χ0) is 18.2. The number of thiocarbonyl (C=S) groups is 1. The third kappa shape index (κ3) is 5.40. The van der Waals surface area contributed by atoms with E-state index in [2.05, 4.69) is 15.5 Å². The number of rotatable bonds is 4. The van der Waals surface area contributed by atoms with E-state index in [1.165, 1.54) is 6.08 Å². The summed E-state index contributed by atoms with van der Waals surface area (Å²) >= 11 is 5.20. The molecule has 26 heavy (non-hydrogen) atoms. The zero-order valence-electron chi connectivity index (χ0n) is 14.4. The van der Waals surface area contributed by atoms with E-state index in [0.717, 1.165) is 43.2 Å². The van der Waals surface area contributed by atoms with Crippen LogP contribution in [0.4, 0.5) is 11.4 Å². The van der Waals surface area contributed by atoms with Gasteiger partial charge in [0.05, 0.1) is 13.2 Å². The number of morpholine rings is 1. The summed E-state index contributed by atoms with van der Waals surface area (Å²) in [6, 6.07) is 17.6. The number of ether oxygens (including phenoxy) is 1. The molecule has 2 aromatic rings. The Kier molecular flexibility index (Phi) is 6.35. The van der Waals surface area contributed by atoms with Crippen molar-refractivity contribution < 1.29 is 9.53 Å². The minimum absolute atomic E-state index is 0.267. The molecule has 0 atom stereocenters. The standard InChI is InChI=1S/C20H21N3O2S/c24-19(11-6-16-4-2-1-3-5-16)22-20(26)21-17-7-9-18(10-8-17)23-12-14-25-15-13-23/h1-11H,12-15H2,(H2,21,22,24,26). The maximum absolute atomic E-state index is 11.9. The highest BCUT2D eigenvalue weighted by Gasteiger charge is 2.11. The minimum Gasteiger partial charge on any atom is -0.378 e. The normalized spacial score (nSPS) is 14.2. The van der Waals surface area contributed by atoms with Crippen molar-refractivity contribution in [3.05, 3.63) is 66.2 Å². The fraction of sp³-hybridized carbons (Fsp3) is 0.200. The van der Waals surface area contributed by atoms with Crippen LogP contribution in [0.3, 0.4) is 0 Å². The van der Waals surface area contributed by atoms with Crippen molar-refractivity contribution >= 4 is 40.7 Å². The summed E-state index contributed by atoms with van der Waals surface area (Å²) in [6.45, 7) is 3.31. The Balaban J connectivity index is 1.49. The minimum atomic E-state index is -0.267. The van der Waals surface area contributed by atoms with E-state index in [1.807, 2.05) is 54.6 Å². The summed E-state index contributed by atoms with van der Waals surface area (Å²) in [5, 5.41) is 5.94. The van der Waals surface area contributed by atoms with E-state index in [9.17, 15) is 4.79 Å². The van der Waals surface area contributed by atoms with E-state index in [1.54, 1.807) is 6.08 Å². The van der Waals surface area contributed by atoms with Crippen molar-refractivity contribution in [2.24, 2.45) is 0 Å².